The molecule has 0 spiro atoms. The van der Waals surface area contributed by atoms with Crippen molar-refractivity contribution in [2.24, 2.45) is 5.92 Å². The van der Waals surface area contributed by atoms with Gasteiger partial charge in [-0.2, -0.15) is 0 Å². The van der Waals surface area contributed by atoms with Gasteiger partial charge in [0, 0.05) is 36.0 Å². The van der Waals surface area contributed by atoms with E-state index in [1.54, 1.807) is 18.3 Å². The first-order chi connectivity index (χ1) is 11.4. The van der Waals surface area contributed by atoms with Crippen LogP contribution < -0.4 is 5.32 Å². The van der Waals surface area contributed by atoms with Crippen LogP contribution in [0, 0.1) is 25.6 Å². The zero-order valence-corrected chi connectivity index (χ0v) is 13.7. The third-order valence-electron chi connectivity index (χ3n) is 4.73. The third-order valence-corrected chi connectivity index (χ3v) is 4.73. The molecule has 2 unspecified atom stereocenters. The minimum absolute atomic E-state index is 0.342. The molecule has 0 amide bonds. The third kappa shape index (κ3) is 3.14. The van der Waals surface area contributed by atoms with Crippen LogP contribution in [0.15, 0.2) is 30.5 Å². The average molecular weight is 329 g/mol. The highest BCUT2D eigenvalue weighted by atomic mass is 19.1. The molecule has 2 aromatic rings. The van der Waals surface area contributed by atoms with E-state index < -0.39 is 17.3 Å². The Morgan fingerprint density at radius 1 is 1.46 bits per heavy atom. The SMILES string of the molecule is Cc1ncc(CNCC2(c3cccc(F)c3)CC2C(=O)O)c(C)n1. The molecule has 3 rings (SSSR count). The van der Waals surface area contributed by atoms with E-state index in [0.717, 1.165) is 22.6 Å². The van der Waals surface area contributed by atoms with Gasteiger partial charge in [0.05, 0.1) is 5.92 Å². The van der Waals surface area contributed by atoms with Gasteiger partial charge in [-0.25, -0.2) is 14.4 Å². The second-order valence-electron chi connectivity index (χ2n) is 6.39. The molecule has 126 valence electrons. The molecular formula is C18H20FN3O2. The van der Waals surface area contributed by atoms with Crippen LogP contribution in [0.4, 0.5) is 4.39 Å². The van der Waals surface area contributed by atoms with Crippen LogP contribution in [0.25, 0.3) is 0 Å². The van der Waals surface area contributed by atoms with Gasteiger partial charge in [0.1, 0.15) is 11.6 Å². The number of benzene rings is 1. The van der Waals surface area contributed by atoms with Crippen LogP contribution in [-0.2, 0) is 16.8 Å². The first-order valence-electron chi connectivity index (χ1n) is 7.91. The van der Waals surface area contributed by atoms with Crippen molar-refractivity contribution in [2.45, 2.75) is 32.2 Å². The van der Waals surface area contributed by atoms with Gasteiger partial charge in [-0.15, -0.1) is 0 Å². The van der Waals surface area contributed by atoms with Crippen LogP contribution in [0.5, 0.6) is 0 Å². The first-order valence-corrected chi connectivity index (χ1v) is 7.91. The molecule has 0 bridgehead atoms. The molecule has 5 nitrogen and oxygen atoms in total. The zero-order valence-electron chi connectivity index (χ0n) is 13.7. The van der Waals surface area contributed by atoms with Gasteiger partial charge in [-0.3, -0.25) is 4.79 Å². The van der Waals surface area contributed by atoms with E-state index in [9.17, 15) is 14.3 Å². The number of rotatable bonds is 6. The van der Waals surface area contributed by atoms with Gasteiger partial charge in [0.2, 0.25) is 0 Å². The Hall–Kier alpha value is -2.34. The smallest absolute Gasteiger partial charge is 0.307 e. The number of aliphatic carboxylic acids is 1. The Labute approximate surface area is 140 Å². The van der Waals surface area contributed by atoms with Gasteiger partial charge >= 0.3 is 5.97 Å². The molecule has 0 saturated heterocycles. The maximum atomic E-state index is 13.5. The highest BCUT2D eigenvalue weighted by Crippen LogP contribution is 2.54. The Bertz CT molecular complexity index is 781. The Morgan fingerprint density at radius 2 is 2.25 bits per heavy atom. The summed E-state index contributed by atoms with van der Waals surface area (Å²) < 4.78 is 13.5. The van der Waals surface area contributed by atoms with E-state index in [-0.39, 0.29) is 5.82 Å². The largest absolute Gasteiger partial charge is 0.481 e. The number of nitrogens with zero attached hydrogens (tertiary/aromatic N) is 2. The van der Waals surface area contributed by atoms with Gasteiger partial charge in [-0.1, -0.05) is 12.1 Å². The maximum absolute atomic E-state index is 13.5. The fourth-order valence-electron chi connectivity index (χ4n) is 3.25. The van der Waals surface area contributed by atoms with Crippen LogP contribution in [0.1, 0.15) is 29.1 Å². The minimum Gasteiger partial charge on any atom is -0.481 e. The van der Waals surface area contributed by atoms with E-state index in [2.05, 4.69) is 15.3 Å². The summed E-state index contributed by atoms with van der Waals surface area (Å²) in [6.07, 6.45) is 2.29. The van der Waals surface area contributed by atoms with Crippen molar-refractivity contribution in [3.8, 4) is 0 Å². The Kier molecular flexibility index (Phi) is 4.32. The van der Waals surface area contributed by atoms with Crippen LogP contribution in [0.3, 0.4) is 0 Å². The summed E-state index contributed by atoms with van der Waals surface area (Å²) in [5, 5.41) is 12.7. The second-order valence-corrected chi connectivity index (χ2v) is 6.39. The number of hydrogen-bond donors (Lipinski definition) is 2. The molecule has 1 aliphatic carbocycles. The lowest BCUT2D eigenvalue weighted by molar-refractivity contribution is -0.139. The van der Waals surface area contributed by atoms with Crippen molar-refractivity contribution in [3.05, 3.63) is 58.9 Å². The van der Waals surface area contributed by atoms with Crippen molar-refractivity contribution in [3.63, 3.8) is 0 Å². The number of aromatic nitrogens is 2. The van der Waals surface area contributed by atoms with Gasteiger partial charge in [0.15, 0.2) is 0 Å². The molecule has 6 heteroatoms. The maximum Gasteiger partial charge on any atom is 0.307 e. The highest BCUT2D eigenvalue weighted by molar-refractivity contribution is 5.77. The van der Waals surface area contributed by atoms with E-state index >= 15 is 0 Å². The van der Waals surface area contributed by atoms with Crippen LogP contribution >= 0.6 is 0 Å². The Morgan fingerprint density at radius 3 is 2.88 bits per heavy atom. The normalized spacial score (nSPS) is 22.4. The van der Waals surface area contributed by atoms with E-state index in [1.807, 2.05) is 13.8 Å². The number of carbonyl (C=O) groups is 1. The van der Waals surface area contributed by atoms with E-state index in [0.29, 0.717) is 19.5 Å². The van der Waals surface area contributed by atoms with Gasteiger partial charge in [0.25, 0.3) is 0 Å². The van der Waals surface area contributed by atoms with Crippen molar-refractivity contribution in [1.82, 2.24) is 15.3 Å². The fourth-order valence-corrected chi connectivity index (χ4v) is 3.25. The minimum atomic E-state index is -0.837. The summed E-state index contributed by atoms with van der Waals surface area (Å²) in [4.78, 5) is 19.9. The molecule has 2 atom stereocenters. The van der Waals surface area contributed by atoms with E-state index in [1.165, 1.54) is 12.1 Å². The van der Waals surface area contributed by atoms with Crippen molar-refractivity contribution in [2.75, 3.05) is 6.54 Å². The summed E-state index contributed by atoms with van der Waals surface area (Å²) in [5.41, 5.74) is 2.06. The van der Waals surface area contributed by atoms with Crippen molar-refractivity contribution < 1.29 is 14.3 Å². The first kappa shape index (κ1) is 16.5. The quantitative estimate of drug-likeness (QED) is 0.851. The molecule has 0 radical (unpaired) electrons. The molecule has 1 fully saturated rings. The molecular weight excluding hydrogens is 309 g/mol. The zero-order chi connectivity index (χ0) is 17.3. The highest BCUT2D eigenvalue weighted by Gasteiger charge is 2.59. The number of carboxylic acid groups (broad SMARTS) is 1. The molecule has 1 aliphatic rings. The molecule has 1 aromatic carbocycles. The number of halogens is 1. The number of aryl methyl sites for hydroxylation is 2. The molecule has 1 heterocycles. The molecule has 24 heavy (non-hydrogen) atoms. The van der Waals surface area contributed by atoms with Crippen LogP contribution in [-0.4, -0.2) is 27.6 Å². The summed E-state index contributed by atoms with van der Waals surface area (Å²) in [7, 11) is 0. The summed E-state index contributed by atoms with van der Waals surface area (Å²) >= 11 is 0. The number of carboxylic acids is 1. The van der Waals surface area contributed by atoms with Crippen LogP contribution in [0.2, 0.25) is 0 Å². The predicted molar refractivity (Wildman–Crippen MR) is 87.0 cm³/mol. The van der Waals surface area contributed by atoms with Gasteiger partial charge < -0.3 is 10.4 Å². The van der Waals surface area contributed by atoms with Crippen molar-refractivity contribution in [1.29, 1.82) is 0 Å². The fraction of sp³-hybridized carbons (Fsp3) is 0.389. The lowest BCUT2D eigenvalue weighted by Crippen LogP contribution is -2.30. The average Bonchev–Trinajstić information content (AvgIpc) is 3.26. The number of nitrogens with one attached hydrogen (secondary N) is 1. The van der Waals surface area contributed by atoms with Gasteiger partial charge in [-0.05, 0) is 38.0 Å². The number of hydrogen-bond acceptors (Lipinski definition) is 4. The second kappa shape index (κ2) is 6.28. The summed E-state index contributed by atoms with van der Waals surface area (Å²) in [6.45, 7) is 4.78. The standard InChI is InChI=1S/C18H20FN3O2/c1-11-13(9-21-12(2)22-11)8-20-10-18(7-16(18)17(23)24)14-4-3-5-15(19)6-14/h3-6,9,16,20H,7-8,10H2,1-2H3,(H,23,24). The molecule has 2 N–H and O–H groups in total. The van der Waals surface area contributed by atoms with Crippen molar-refractivity contribution >= 4 is 5.97 Å². The molecule has 1 aromatic heterocycles. The lowest BCUT2D eigenvalue weighted by Gasteiger charge is -2.18. The summed E-state index contributed by atoms with van der Waals surface area (Å²) in [6, 6.07) is 6.23. The lowest BCUT2D eigenvalue weighted by atomic mass is 9.92. The summed E-state index contributed by atoms with van der Waals surface area (Å²) in [5.74, 6) is -0.940. The predicted octanol–water partition coefficient (Wildman–Crippen LogP) is 2.36. The van der Waals surface area contributed by atoms with E-state index in [4.69, 9.17) is 0 Å². The molecule has 1 saturated carbocycles. The topological polar surface area (TPSA) is 75.1 Å². The monoisotopic (exact) mass is 329 g/mol. The molecule has 0 aliphatic heterocycles. The Balaban J connectivity index is 1.73.